The van der Waals surface area contributed by atoms with Gasteiger partial charge in [-0.2, -0.15) is 0 Å². The molecular weight excluding hydrogens is 176 g/mol. The summed E-state index contributed by atoms with van der Waals surface area (Å²) in [6.45, 7) is 7.29. The fraction of sp³-hybridized carbons (Fsp3) is 0.250. The normalized spacial score (nSPS) is 10.4. The number of rotatable bonds is 4. The number of allylic oxidation sites excluding steroid dienone is 4. The van der Waals surface area contributed by atoms with Gasteiger partial charge in [0.05, 0.1) is 0 Å². The van der Waals surface area contributed by atoms with Crippen molar-refractivity contribution in [1.82, 2.24) is 0 Å². The van der Waals surface area contributed by atoms with Crippen LogP contribution < -0.4 is 0 Å². The smallest absolute Gasteiger partial charge is 0.0212 e. The molecule has 0 N–H and O–H groups in total. The number of alkyl halides is 1. The highest BCUT2D eigenvalue weighted by Crippen LogP contribution is 2.00. The minimum absolute atomic E-state index is 0.322. The summed E-state index contributed by atoms with van der Waals surface area (Å²) in [5.41, 5.74) is 0. The third-order valence-corrected chi connectivity index (χ3v) is 1.37. The van der Waals surface area contributed by atoms with Gasteiger partial charge in [0, 0.05) is 11.2 Å². The van der Waals surface area contributed by atoms with Crippen LogP contribution in [0.4, 0.5) is 0 Å². The van der Waals surface area contributed by atoms with Crippen LogP contribution in [0.3, 0.4) is 0 Å². The van der Waals surface area contributed by atoms with Crippen molar-refractivity contribution >= 4 is 15.9 Å². The van der Waals surface area contributed by atoms with Crippen LogP contribution in [-0.2, 0) is 0 Å². The molecule has 0 bridgehead atoms. The molecule has 0 unspecified atom stereocenters. The zero-order valence-electron chi connectivity index (χ0n) is 5.39. The fourth-order valence-electron chi connectivity index (χ4n) is 0.462. The lowest BCUT2D eigenvalue weighted by molar-refractivity contribution is 1.08. The van der Waals surface area contributed by atoms with E-state index in [0.29, 0.717) is 5.92 Å². The van der Waals surface area contributed by atoms with Gasteiger partial charge in [-0.15, -0.1) is 13.2 Å². The summed E-state index contributed by atoms with van der Waals surface area (Å²) in [4.78, 5) is 0. The van der Waals surface area contributed by atoms with Crippen LogP contribution in [0.25, 0.3) is 0 Å². The third kappa shape index (κ3) is 4.22. The predicted molar refractivity (Wildman–Crippen MR) is 46.8 cm³/mol. The molecule has 1 heteroatoms. The van der Waals surface area contributed by atoms with Crippen LogP contribution in [0.2, 0.25) is 0 Å². The van der Waals surface area contributed by atoms with Gasteiger partial charge in [-0.05, 0) is 0 Å². The number of hydrogen-bond acceptors (Lipinski definition) is 0. The van der Waals surface area contributed by atoms with Gasteiger partial charge in [0.2, 0.25) is 0 Å². The molecule has 0 aromatic heterocycles. The van der Waals surface area contributed by atoms with Crippen LogP contribution in [0.1, 0.15) is 0 Å². The minimum Gasteiger partial charge on any atom is -0.102 e. The lowest BCUT2D eigenvalue weighted by atomic mass is 10.1. The Hall–Kier alpha value is -0.300. The molecule has 0 nitrogen and oxygen atoms in total. The van der Waals surface area contributed by atoms with Crippen LogP contribution in [0, 0.1) is 5.92 Å². The van der Waals surface area contributed by atoms with Gasteiger partial charge in [0.1, 0.15) is 0 Å². The van der Waals surface area contributed by atoms with E-state index in [1.165, 1.54) is 0 Å². The molecule has 0 amide bonds. The first-order valence-electron chi connectivity index (χ1n) is 2.83. The second-order valence-corrected chi connectivity index (χ2v) is 2.28. The quantitative estimate of drug-likeness (QED) is 0.468. The van der Waals surface area contributed by atoms with E-state index in [-0.39, 0.29) is 0 Å². The van der Waals surface area contributed by atoms with E-state index in [2.05, 4.69) is 35.2 Å². The lowest BCUT2D eigenvalue weighted by Gasteiger charge is -1.94. The Bertz CT molecular complexity index is 106. The van der Waals surface area contributed by atoms with Crippen LogP contribution >= 0.6 is 15.9 Å². The monoisotopic (exact) mass is 186 g/mol. The molecule has 0 fully saturated rings. The average molecular weight is 187 g/mol. The van der Waals surface area contributed by atoms with E-state index in [1.54, 1.807) is 0 Å². The van der Waals surface area contributed by atoms with Gasteiger partial charge in [-0.1, -0.05) is 40.2 Å². The van der Waals surface area contributed by atoms with Crippen molar-refractivity contribution in [3.63, 3.8) is 0 Å². The van der Waals surface area contributed by atoms with Crippen molar-refractivity contribution in [2.75, 3.05) is 5.33 Å². The summed E-state index contributed by atoms with van der Waals surface area (Å²) in [6, 6.07) is 0. The molecule has 9 heavy (non-hydrogen) atoms. The van der Waals surface area contributed by atoms with Crippen molar-refractivity contribution < 1.29 is 0 Å². The second-order valence-electron chi connectivity index (χ2n) is 1.63. The van der Waals surface area contributed by atoms with E-state index in [0.717, 1.165) is 5.33 Å². The molecular formula is C8H11Br. The molecule has 0 aromatic carbocycles. The van der Waals surface area contributed by atoms with Crippen molar-refractivity contribution in [3.05, 3.63) is 37.5 Å². The highest BCUT2D eigenvalue weighted by molar-refractivity contribution is 9.09. The minimum atomic E-state index is 0.322. The van der Waals surface area contributed by atoms with E-state index in [1.807, 2.05) is 18.2 Å². The maximum Gasteiger partial charge on any atom is 0.0212 e. The zero-order chi connectivity index (χ0) is 7.11. The van der Waals surface area contributed by atoms with Gasteiger partial charge >= 0.3 is 0 Å². The summed E-state index contributed by atoms with van der Waals surface area (Å²) in [5.74, 6) is 0.322. The Morgan fingerprint density at radius 2 is 1.89 bits per heavy atom. The molecule has 0 rings (SSSR count). The Morgan fingerprint density at radius 3 is 2.22 bits per heavy atom. The van der Waals surface area contributed by atoms with Crippen LogP contribution in [0.5, 0.6) is 0 Å². The lowest BCUT2D eigenvalue weighted by Crippen LogP contribution is -1.81. The Morgan fingerprint density at radius 1 is 1.33 bits per heavy atom. The molecule has 0 spiro atoms. The average Bonchev–Trinajstić information content (AvgIpc) is 1.91. The number of hydrogen-bond donors (Lipinski definition) is 0. The van der Waals surface area contributed by atoms with Gasteiger partial charge < -0.3 is 0 Å². The summed E-state index contributed by atoms with van der Waals surface area (Å²) in [5, 5.41) is 0.894. The SMILES string of the molecule is C=CC(C=C)C=CCBr. The summed E-state index contributed by atoms with van der Waals surface area (Å²) >= 11 is 3.28. The van der Waals surface area contributed by atoms with Crippen molar-refractivity contribution in [3.8, 4) is 0 Å². The molecule has 0 atom stereocenters. The molecule has 50 valence electrons. The second kappa shape index (κ2) is 5.83. The maximum atomic E-state index is 3.65. The third-order valence-electron chi connectivity index (χ3n) is 0.992. The maximum absolute atomic E-state index is 3.65. The van der Waals surface area contributed by atoms with Gasteiger partial charge in [0.15, 0.2) is 0 Å². The van der Waals surface area contributed by atoms with Gasteiger partial charge in [-0.25, -0.2) is 0 Å². The summed E-state index contributed by atoms with van der Waals surface area (Å²) < 4.78 is 0. The van der Waals surface area contributed by atoms with E-state index in [9.17, 15) is 0 Å². The van der Waals surface area contributed by atoms with Crippen LogP contribution in [0.15, 0.2) is 37.5 Å². The summed E-state index contributed by atoms with van der Waals surface area (Å²) in [7, 11) is 0. The van der Waals surface area contributed by atoms with E-state index >= 15 is 0 Å². The fourth-order valence-corrected chi connectivity index (χ4v) is 0.678. The summed E-state index contributed by atoms with van der Waals surface area (Å²) in [6.07, 6.45) is 7.79. The molecule has 0 aliphatic carbocycles. The Balaban J connectivity index is 3.67. The molecule has 0 aliphatic heterocycles. The molecule has 0 radical (unpaired) electrons. The largest absolute Gasteiger partial charge is 0.102 e. The van der Waals surface area contributed by atoms with Gasteiger partial charge in [-0.3, -0.25) is 0 Å². The van der Waals surface area contributed by atoms with E-state index in [4.69, 9.17) is 0 Å². The molecule has 0 saturated carbocycles. The Kier molecular flexibility index (Phi) is 5.64. The molecule has 0 saturated heterocycles. The van der Waals surface area contributed by atoms with Gasteiger partial charge in [0.25, 0.3) is 0 Å². The standard InChI is InChI=1S/C8H11Br/c1-3-8(4-2)6-5-7-9/h3-6,8H,1-2,7H2. The van der Waals surface area contributed by atoms with Crippen molar-refractivity contribution in [1.29, 1.82) is 0 Å². The topological polar surface area (TPSA) is 0 Å². The molecule has 0 heterocycles. The van der Waals surface area contributed by atoms with E-state index < -0.39 is 0 Å². The predicted octanol–water partition coefficient (Wildman–Crippen LogP) is 2.93. The Labute approximate surface area is 65.1 Å². The number of halogens is 1. The highest BCUT2D eigenvalue weighted by Gasteiger charge is 1.86. The van der Waals surface area contributed by atoms with Crippen molar-refractivity contribution in [2.45, 2.75) is 0 Å². The zero-order valence-corrected chi connectivity index (χ0v) is 6.97. The highest BCUT2D eigenvalue weighted by atomic mass is 79.9. The van der Waals surface area contributed by atoms with Crippen LogP contribution in [-0.4, -0.2) is 5.33 Å². The molecule has 0 aliphatic rings. The molecule has 0 aromatic rings. The van der Waals surface area contributed by atoms with Crippen molar-refractivity contribution in [2.24, 2.45) is 5.92 Å². The first-order chi connectivity index (χ1) is 4.35. The first-order valence-corrected chi connectivity index (χ1v) is 3.95. The first kappa shape index (κ1) is 8.70.